The Morgan fingerprint density at radius 1 is 1.03 bits per heavy atom. The van der Waals surface area contributed by atoms with Crippen molar-refractivity contribution in [1.29, 1.82) is 0 Å². The number of nitrogens with zero attached hydrogens (tertiary/aromatic N) is 3. The molecule has 0 saturated heterocycles. The molecule has 7 heteroatoms. The van der Waals surface area contributed by atoms with Gasteiger partial charge in [-0.2, -0.15) is 4.98 Å². The first-order valence-electron chi connectivity index (χ1n) is 11.3. The third-order valence-corrected chi connectivity index (χ3v) is 5.04. The molecule has 0 aliphatic heterocycles. The van der Waals surface area contributed by atoms with E-state index in [9.17, 15) is 4.79 Å². The molecule has 32 heavy (non-hydrogen) atoms. The van der Waals surface area contributed by atoms with Crippen LogP contribution in [0.4, 0.5) is 5.69 Å². The van der Waals surface area contributed by atoms with Gasteiger partial charge in [-0.15, -0.1) is 5.10 Å². The van der Waals surface area contributed by atoms with Gasteiger partial charge in [-0.05, 0) is 50.1 Å². The Balaban J connectivity index is 1.81. The lowest BCUT2D eigenvalue weighted by molar-refractivity contribution is -0.116. The van der Waals surface area contributed by atoms with E-state index >= 15 is 0 Å². The van der Waals surface area contributed by atoms with Crippen molar-refractivity contribution in [3.8, 4) is 23.1 Å². The Morgan fingerprint density at radius 2 is 1.81 bits per heavy atom. The number of aromatic nitrogens is 3. The van der Waals surface area contributed by atoms with Crippen LogP contribution in [-0.4, -0.2) is 40.5 Å². The van der Waals surface area contributed by atoms with Crippen molar-refractivity contribution in [1.82, 2.24) is 14.8 Å². The van der Waals surface area contributed by atoms with Gasteiger partial charge in [0.15, 0.2) is 5.82 Å². The minimum Gasteiger partial charge on any atom is -0.460 e. The molecule has 0 aliphatic carbocycles. The molecular weight excluding hydrogens is 404 g/mol. The average Bonchev–Trinajstić information content (AvgIpc) is 3.22. The van der Waals surface area contributed by atoms with Crippen LogP contribution in [-0.2, 0) is 9.53 Å². The summed E-state index contributed by atoms with van der Waals surface area (Å²) in [5, 5.41) is 7.53. The number of aryl methyl sites for hydroxylation is 1. The van der Waals surface area contributed by atoms with Crippen LogP contribution in [0.3, 0.4) is 0 Å². The fraction of sp³-hybridized carbons (Fsp3) is 0.400. The number of nitrogens with one attached hydrogen (secondary N) is 1. The molecule has 0 saturated carbocycles. The van der Waals surface area contributed by atoms with Gasteiger partial charge in [0.25, 0.3) is 0 Å². The number of anilines is 1. The molecule has 7 nitrogen and oxygen atoms in total. The number of benzene rings is 2. The molecule has 0 fully saturated rings. The first-order valence-corrected chi connectivity index (χ1v) is 11.3. The normalized spacial score (nSPS) is 10.8. The van der Waals surface area contributed by atoms with Crippen molar-refractivity contribution in [2.75, 3.05) is 25.1 Å². The number of carbonyl (C=O) groups is 1. The van der Waals surface area contributed by atoms with Gasteiger partial charge in [0.2, 0.25) is 5.91 Å². The van der Waals surface area contributed by atoms with Crippen LogP contribution in [0.2, 0.25) is 0 Å². The molecule has 1 heterocycles. The van der Waals surface area contributed by atoms with Crippen LogP contribution in [0.15, 0.2) is 48.5 Å². The standard InChI is InChI=1S/C25H32N4O3/c1-4-6-7-12-23(30)26-20-13-15-21(16-14-20)29-24(22-11-9-8-10-19(22)3)27-25(28-29)32-18-17-31-5-2/h8-11,13-16H,4-7,12,17-18H2,1-3H3,(H,26,30). The number of carbonyl (C=O) groups excluding carboxylic acids is 1. The zero-order chi connectivity index (χ0) is 22.8. The number of rotatable bonds is 12. The Kier molecular flexibility index (Phi) is 8.80. The molecular formula is C25H32N4O3. The molecule has 3 aromatic rings. The smallest absolute Gasteiger partial charge is 0.336 e. The van der Waals surface area contributed by atoms with E-state index in [-0.39, 0.29) is 5.91 Å². The average molecular weight is 437 g/mol. The Morgan fingerprint density at radius 3 is 2.53 bits per heavy atom. The highest BCUT2D eigenvalue weighted by atomic mass is 16.5. The highest BCUT2D eigenvalue weighted by molar-refractivity contribution is 5.90. The van der Waals surface area contributed by atoms with Crippen LogP contribution < -0.4 is 10.1 Å². The molecule has 0 aliphatic rings. The summed E-state index contributed by atoms with van der Waals surface area (Å²) >= 11 is 0. The summed E-state index contributed by atoms with van der Waals surface area (Å²) in [5.74, 6) is 0.739. The number of hydrogen-bond acceptors (Lipinski definition) is 5. The maximum atomic E-state index is 12.1. The molecule has 2 aromatic carbocycles. The Hall–Kier alpha value is -3.19. The van der Waals surface area contributed by atoms with Crippen LogP contribution in [0.1, 0.15) is 45.1 Å². The third kappa shape index (κ3) is 6.40. The van der Waals surface area contributed by atoms with Crippen molar-refractivity contribution in [2.45, 2.75) is 46.5 Å². The van der Waals surface area contributed by atoms with E-state index in [1.807, 2.05) is 62.4 Å². The lowest BCUT2D eigenvalue weighted by atomic mass is 10.1. The highest BCUT2D eigenvalue weighted by Crippen LogP contribution is 2.27. The van der Waals surface area contributed by atoms with E-state index in [1.165, 1.54) is 0 Å². The predicted molar refractivity (Wildman–Crippen MR) is 126 cm³/mol. The first-order chi connectivity index (χ1) is 15.6. The largest absolute Gasteiger partial charge is 0.460 e. The van der Waals surface area contributed by atoms with Gasteiger partial charge in [-0.3, -0.25) is 4.79 Å². The summed E-state index contributed by atoms with van der Waals surface area (Å²) in [4.78, 5) is 16.7. The monoisotopic (exact) mass is 436 g/mol. The van der Waals surface area contributed by atoms with E-state index in [2.05, 4.69) is 22.3 Å². The summed E-state index contributed by atoms with van der Waals surface area (Å²) < 4.78 is 12.8. The Bertz CT molecular complexity index is 999. The minimum atomic E-state index is 0.0394. The first kappa shape index (κ1) is 23.5. The predicted octanol–water partition coefficient (Wildman–Crippen LogP) is 5.18. The molecule has 0 radical (unpaired) electrons. The molecule has 1 N–H and O–H groups in total. The van der Waals surface area contributed by atoms with Crippen molar-refractivity contribution in [3.63, 3.8) is 0 Å². The van der Waals surface area contributed by atoms with Crippen molar-refractivity contribution >= 4 is 11.6 Å². The fourth-order valence-corrected chi connectivity index (χ4v) is 3.31. The van der Waals surface area contributed by atoms with Crippen molar-refractivity contribution in [2.24, 2.45) is 0 Å². The van der Waals surface area contributed by atoms with Gasteiger partial charge in [0, 0.05) is 24.3 Å². The summed E-state index contributed by atoms with van der Waals surface area (Å²) in [5.41, 5.74) is 3.67. The zero-order valence-corrected chi connectivity index (χ0v) is 19.1. The van der Waals surface area contributed by atoms with Crippen LogP contribution >= 0.6 is 0 Å². The van der Waals surface area contributed by atoms with E-state index in [0.717, 1.165) is 41.8 Å². The molecule has 1 aromatic heterocycles. The second kappa shape index (κ2) is 12.0. The van der Waals surface area contributed by atoms with Crippen LogP contribution in [0, 0.1) is 6.92 Å². The van der Waals surface area contributed by atoms with Gasteiger partial charge < -0.3 is 14.8 Å². The third-order valence-electron chi connectivity index (χ3n) is 5.04. The summed E-state index contributed by atoms with van der Waals surface area (Å²) in [6.45, 7) is 7.62. The summed E-state index contributed by atoms with van der Waals surface area (Å²) in [6, 6.07) is 15.9. The summed E-state index contributed by atoms with van der Waals surface area (Å²) in [7, 11) is 0. The second-order valence-corrected chi connectivity index (χ2v) is 7.54. The Labute approximate surface area is 189 Å². The zero-order valence-electron chi connectivity index (χ0n) is 19.1. The minimum absolute atomic E-state index is 0.0394. The topological polar surface area (TPSA) is 78.3 Å². The number of unbranched alkanes of at least 4 members (excludes halogenated alkanes) is 2. The number of hydrogen-bond donors (Lipinski definition) is 1. The van der Waals surface area contributed by atoms with E-state index in [0.29, 0.717) is 38.1 Å². The molecule has 0 atom stereocenters. The quantitative estimate of drug-likeness (QED) is 0.396. The number of amides is 1. The van der Waals surface area contributed by atoms with Gasteiger partial charge in [0.05, 0.1) is 12.3 Å². The van der Waals surface area contributed by atoms with Gasteiger partial charge in [0.1, 0.15) is 6.61 Å². The summed E-state index contributed by atoms with van der Waals surface area (Å²) in [6.07, 6.45) is 3.61. The maximum absolute atomic E-state index is 12.1. The van der Waals surface area contributed by atoms with E-state index in [4.69, 9.17) is 9.47 Å². The van der Waals surface area contributed by atoms with Gasteiger partial charge >= 0.3 is 6.01 Å². The lowest BCUT2D eigenvalue weighted by Gasteiger charge is -2.09. The molecule has 3 rings (SSSR count). The van der Waals surface area contributed by atoms with E-state index in [1.54, 1.807) is 4.68 Å². The van der Waals surface area contributed by atoms with Crippen LogP contribution in [0.25, 0.3) is 17.1 Å². The van der Waals surface area contributed by atoms with Gasteiger partial charge in [-0.25, -0.2) is 4.68 Å². The van der Waals surface area contributed by atoms with Crippen LogP contribution in [0.5, 0.6) is 6.01 Å². The highest BCUT2D eigenvalue weighted by Gasteiger charge is 2.16. The van der Waals surface area contributed by atoms with Crippen molar-refractivity contribution < 1.29 is 14.3 Å². The molecule has 0 bridgehead atoms. The fourth-order valence-electron chi connectivity index (χ4n) is 3.31. The van der Waals surface area contributed by atoms with Gasteiger partial charge in [-0.1, -0.05) is 44.0 Å². The molecule has 0 spiro atoms. The molecule has 1 amide bonds. The molecule has 0 unspecified atom stereocenters. The number of ether oxygens (including phenoxy) is 2. The second-order valence-electron chi connectivity index (χ2n) is 7.54. The maximum Gasteiger partial charge on any atom is 0.336 e. The lowest BCUT2D eigenvalue weighted by Crippen LogP contribution is -2.11. The van der Waals surface area contributed by atoms with E-state index < -0.39 is 0 Å². The van der Waals surface area contributed by atoms with Crippen molar-refractivity contribution in [3.05, 3.63) is 54.1 Å². The SMILES string of the molecule is CCCCCC(=O)Nc1ccc(-n2nc(OCCOCC)nc2-c2ccccc2C)cc1. The molecule has 170 valence electrons.